The summed E-state index contributed by atoms with van der Waals surface area (Å²) in [7, 11) is 1.88. The van der Waals surface area contributed by atoms with Gasteiger partial charge in [-0.3, -0.25) is 9.48 Å². The summed E-state index contributed by atoms with van der Waals surface area (Å²) in [6.45, 7) is 4.52. The van der Waals surface area contributed by atoms with Crippen molar-refractivity contribution >= 4 is 5.78 Å². The molecule has 1 N–H and O–H groups in total. The molecule has 1 fully saturated rings. The maximum atomic E-state index is 11.9. The van der Waals surface area contributed by atoms with Gasteiger partial charge in [-0.15, -0.1) is 0 Å². The first-order valence-corrected chi connectivity index (χ1v) is 6.98. The van der Waals surface area contributed by atoms with Gasteiger partial charge < -0.3 is 10.1 Å². The number of carbonyl (C=O) groups is 1. The number of piperidine rings is 1. The Morgan fingerprint density at radius 3 is 2.89 bits per heavy atom. The van der Waals surface area contributed by atoms with Gasteiger partial charge >= 0.3 is 0 Å². The fourth-order valence-electron chi connectivity index (χ4n) is 2.42. The molecule has 0 atom stereocenters. The lowest BCUT2D eigenvalue weighted by atomic mass is 10.1. The molecule has 106 valence electrons. The first-order valence-electron chi connectivity index (χ1n) is 6.98. The SMILES string of the molecule is Cc1cc(CC(=O)CCOC2CCNCC2)n(C)n1. The van der Waals surface area contributed by atoms with Crippen LogP contribution in [0.4, 0.5) is 0 Å². The molecule has 0 bridgehead atoms. The van der Waals surface area contributed by atoms with Crippen LogP contribution in [0.3, 0.4) is 0 Å². The third-order valence-electron chi connectivity index (χ3n) is 3.50. The van der Waals surface area contributed by atoms with Crippen molar-refractivity contribution in [3.05, 3.63) is 17.5 Å². The first kappa shape index (κ1) is 14.2. The molecule has 0 unspecified atom stereocenters. The molecule has 1 aromatic heterocycles. The molecule has 19 heavy (non-hydrogen) atoms. The highest BCUT2D eigenvalue weighted by molar-refractivity contribution is 5.80. The highest BCUT2D eigenvalue weighted by atomic mass is 16.5. The number of aryl methyl sites for hydroxylation is 2. The summed E-state index contributed by atoms with van der Waals surface area (Å²) in [5, 5.41) is 7.54. The number of ether oxygens (including phenoxy) is 1. The van der Waals surface area contributed by atoms with Crippen molar-refractivity contribution in [2.24, 2.45) is 7.05 Å². The van der Waals surface area contributed by atoms with Crippen molar-refractivity contribution in [1.29, 1.82) is 0 Å². The van der Waals surface area contributed by atoms with Crippen molar-refractivity contribution in [3.63, 3.8) is 0 Å². The zero-order valence-electron chi connectivity index (χ0n) is 11.8. The quantitative estimate of drug-likeness (QED) is 0.833. The standard InChI is InChI=1S/C14H23N3O2/c1-11-9-12(17(2)16-11)10-13(18)5-8-19-14-3-6-15-7-4-14/h9,14-15H,3-8,10H2,1-2H3. The molecule has 1 aliphatic heterocycles. The van der Waals surface area contributed by atoms with E-state index in [9.17, 15) is 4.79 Å². The lowest BCUT2D eigenvalue weighted by Crippen LogP contribution is -2.32. The van der Waals surface area contributed by atoms with E-state index in [4.69, 9.17) is 4.74 Å². The second-order valence-corrected chi connectivity index (χ2v) is 5.19. The minimum Gasteiger partial charge on any atom is -0.378 e. The Morgan fingerprint density at radius 1 is 1.53 bits per heavy atom. The van der Waals surface area contributed by atoms with Crippen LogP contribution >= 0.6 is 0 Å². The number of ketones is 1. The van der Waals surface area contributed by atoms with Crippen LogP contribution in [-0.2, 0) is 23.0 Å². The molecule has 0 aromatic carbocycles. The summed E-state index contributed by atoms with van der Waals surface area (Å²) < 4.78 is 7.52. The maximum Gasteiger partial charge on any atom is 0.141 e. The molecule has 5 heteroatoms. The van der Waals surface area contributed by atoms with E-state index in [0.717, 1.165) is 37.3 Å². The van der Waals surface area contributed by atoms with Crippen LogP contribution in [0, 0.1) is 6.92 Å². The van der Waals surface area contributed by atoms with Gasteiger partial charge in [0.1, 0.15) is 5.78 Å². The van der Waals surface area contributed by atoms with Gasteiger partial charge in [-0.2, -0.15) is 5.10 Å². The van der Waals surface area contributed by atoms with Gasteiger partial charge in [-0.1, -0.05) is 0 Å². The fourth-order valence-corrected chi connectivity index (χ4v) is 2.42. The average molecular weight is 265 g/mol. The number of Topliss-reactive ketones (excluding diaryl/α,β-unsaturated/α-hetero) is 1. The highest BCUT2D eigenvalue weighted by Crippen LogP contribution is 2.09. The molecule has 1 aromatic rings. The number of aromatic nitrogens is 2. The van der Waals surface area contributed by atoms with Crippen LogP contribution in [0.25, 0.3) is 0 Å². The Bertz CT molecular complexity index is 422. The number of nitrogens with one attached hydrogen (secondary N) is 1. The zero-order valence-corrected chi connectivity index (χ0v) is 11.8. The van der Waals surface area contributed by atoms with Crippen molar-refractivity contribution < 1.29 is 9.53 Å². The lowest BCUT2D eigenvalue weighted by molar-refractivity contribution is -0.120. The predicted molar refractivity (Wildman–Crippen MR) is 73.1 cm³/mol. The summed E-state index contributed by atoms with van der Waals surface area (Å²) in [5.74, 6) is 0.219. The number of nitrogens with zero attached hydrogens (tertiary/aromatic N) is 2. The Balaban J connectivity index is 1.68. The van der Waals surface area contributed by atoms with Crippen molar-refractivity contribution in [1.82, 2.24) is 15.1 Å². The minimum atomic E-state index is 0.219. The number of hydrogen-bond acceptors (Lipinski definition) is 4. The van der Waals surface area contributed by atoms with Crippen LogP contribution < -0.4 is 5.32 Å². The van der Waals surface area contributed by atoms with E-state index >= 15 is 0 Å². The summed E-state index contributed by atoms with van der Waals surface area (Å²) in [4.78, 5) is 11.9. The Kier molecular flexibility index (Phi) is 5.10. The van der Waals surface area contributed by atoms with Gasteiger partial charge in [0.05, 0.1) is 18.4 Å². The third kappa shape index (κ3) is 4.44. The smallest absolute Gasteiger partial charge is 0.141 e. The topological polar surface area (TPSA) is 56.1 Å². The van der Waals surface area contributed by atoms with E-state index in [1.54, 1.807) is 4.68 Å². The molecule has 5 nitrogen and oxygen atoms in total. The molecular formula is C14H23N3O2. The summed E-state index contributed by atoms with van der Waals surface area (Å²) in [5.41, 5.74) is 1.93. The Labute approximate surface area is 114 Å². The van der Waals surface area contributed by atoms with Crippen LogP contribution in [0.1, 0.15) is 30.7 Å². The average Bonchev–Trinajstić information content (AvgIpc) is 2.69. The number of hydrogen-bond donors (Lipinski definition) is 1. The normalized spacial score (nSPS) is 16.7. The Morgan fingerprint density at radius 2 is 2.26 bits per heavy atom. The van der Waals surface area contributed by atoms with E-state index in [2.05, 4.69) is 10.4 Å². The lowest BCUT2D eigenvalue weighted by Gasteiger charge is -2.22. The van der Waals surface area contributed by atoms with Gasteiger partial charge in [-0.25, -0.2) is 0 Å². The molecule has 2 heterocycles. The van der Waals surface area contributed by atoms with Crippen molar-refractivity contribution in [2.75, 3.05) is 19.7 Å². The predicted octanol–water partition coefficient (Wildman–Crippen LogP) is 0.999. The van der Waals surface area contributed by atoms with Gasteiger partial charge in [0, 0.05) is 25.6 Å². The molecule has 2 rings (SSSR count). The van der Waals surface area contributed by atoms with Crippen LogP contribution in [0.15, 0.2) is 6.07 Å². The van der Waals surface area contributed by atoms with Gasteiger partial charge in [0.15, 0.2) is 0 Å². The summed E-state index contributed by atoms with van der Waals surface area (Å²) in [6.07, 6.45) is 3.37. The molecule has 0 saturated carbocycles. The fraction of sp³-hybridized carbons (Fsp3) is 0.714. The van der Waals surface area contributed by atoms with Gasteiger partial charge in [-0.05, 0) is 38.9 Å². The zero-order chi connectivity index (χ0) is 13.7. The van der Waals surface area contributed by atoms with Crippen LogP contribution in [0.5, 0.6) is 0 Å². The van der Waals surface area contributed by atoms with Crippen molar-refractivity contribution in [3.8, 4) is 0 Å². The molecule has 0 spiro atoms. The third-order valence-corrected chi connectivity index (χ3v) is 3.50. The highest BCUT2D eigenvalue weighted by Gasteiger charge is 2.14. The van der Waals surface area contributed by atoms with Crippen LogP contribution in [0.2, 0.25) is 0 Å². The van der Waals surface area contributed by atoms with E-state index in [0.29, 0.717) is 25.6 Å². The van der Waals surface area contributed by atoms with Crippen LogP contribution in [-0.4, -0.2) is 41.4 Å². The second kappa shape index (κ2) is 6.82. The van der Waals surface area contributed by atoms with Gasteiger partial charge in [0.2, 0.25) is 0 Å². The van der Waals surface area contributed by atoms with Gasteiger partial charge in [0.25, 0.3) is 0 Å². The molecule has 0 amide bonds. The summed E-state index contributed by atoms with van der Waals surface area (Å²) in [6, 6.07) is 1.96. The van der Waals surface area contributed by atoms with E-state index in [-0.39, 0.29) is 5.78 Å². The number of carbonyl (C=O) groups excluding carboxylic acids is 1. The van der Waals surface area contributed by atoms with E-state index in [1.807, 2.05) is 20.0 Å². The maximum absolute atomic E-state index is 11.9. The van der Waals surface area contributed by atoms with E-state index in [1.165, 1.54) is 0 Å². The minimum absolute atomic E-state index is 0.219. The monoisotopic (exact) mass is 265 g/mol. The molecular weight excluding hydrogens is 242 g/mol. The molecule has 0 aliphatic carbocycles. The van der Waals surface area contributed by atoms with E-state index < -0.39 is 0 Å². The Hall–Kier alpha value is -1.20. The molecule has 0 radical (unpaired) electrons. The molecule has 1 saturated heterocycles. The first-order chi connectivity index (χ1) is 9.15. The largest absolute Gasteiger partial charge is 0.378 e. The van der Waals surface area contributed by atoms with Crippen molar-refractivity contribution in [2.45, 2.75) is 38.7 Å². The number of rotatable bonds is 6. The molecule has 1 aliphatic rings. The second-order valence-electron chi connectivity index (χ2n) is 5.19. The summed E-state index contributed by atoms with van der Waals surface area (Å²) >= 11 is 0.